The quantitative estimate of drug-likeness (QED) is 0.904. The van der Waals surface area contributed by atoms with Gasteiger partial charge >= 0.3 is 0 Å². The first-order valence-electron chi connectivity index (χ1n) is 6.99. The molecule has 0 amide bonds. The van der Waals surface area contributed by atoms with Gasteiger partial charge in [-0.25, -0.2) is 8.78 Å². The molecular formula is C15H20F2N2. The van der Waals surface area contributed by atoms with Gasteiger partial charge in [0.15, 0.2) is 11.6 Å². The molecule has 0 bridgehead atoms. The number of piperazine rings is 1. The smallest absolute Gasteiger partial charge is 0.159 e. The third kappa shape index (κ3) is 2.51. The van der Waals surface area contributed by atoms with Crippen molar-refractivity contribution in [2.45, 2.75) is 31.8 Å². The highest BCUT2D eigenvalue weighted by atomic mass is 19.2. The predicted octanol–water partition coefficient (Wildman–Crippen LogP) is 2.54. The van der Waals surface area contributed by atoms with E-state index in [9.17, 15) is 8.78 Å². The lowest BCUT2D eigenvalue weighted by molar-refractivity contribution is 0.0483. The minimum Gasteiger partial charge on any atom is -0.314 e. The van der Waals surface area contributed by atoms with Gasteiger partial charge in [0.2, 0.25) is 0 Å². The number of nitrogens with one attached hydrogen (secondary N) is 1. The van der Waals surface area contributed by atoms with E-state index < -0.39 is 11.6 Å². The molecule has 0 aromatic heterocycles. The molecule has 4 heteroatoms. The molecule has 2 fully saturated rings. The van der Waals surface area contributed by atoms with Gasteiger partial charge in [0, 0.05) is 31.7 Å². The summed E-state index contributed by atoms with van der Waals surface area (Å²) in [5.41, 5.74) is 1.01. The van der Waals surface area contributed by atoms with Gasteiger partial charge in [0.25, 0.3) is 0 Å². The molecule has 1 aromatic rings. The summed E-state index contributed by atoms with van der Waals surface area (Å²) >= 11 is 0. The maximum Gasteiger partial charge on any atom is 0.159 e. The predicted molar refractivity (Wildman–Crippen MR) is 70.8 cm³/mol. The van der Waals surface area contributed by atoms with Crippen molar-refractivity contribution in [1.82, 2.24) is 10.2 Å². The standard InChI is InChI=1S/C15H20F2N2/c1-15(12-3-4-12)10-18-6-7-19(15)9-11-2-5-13(16)14(17)8-11/h2,5,8,12,18H,3-4,6-7,9-10H2,1H3. The molecule has 1 N–H and O–H groups in total. The minimum atomic E-state index is -0.769. The highest BCUT2D eigenvalue weighted by Crippen LogP contribution is 2.43. The Bertz CT molecular complexity index is 473. The summed E-state index contributed by atoms with van der Waals surface area (Å²) in [6.07, 6.45) is 2.57. The third-order valence-corrected chi connectivity index (χ3v) is 4.58. The van der Waals surface area contributed by atoms with Gasteiger partial charge in [-0.2, -0.15) is 0 Å². The van der Waals surface area contributed by atoms with Crippen LogP contribution in [0, 0.1) is 17.6 Å². The first-order valence-corrected chi connectivity index (χ1v) is 6.99. The van der Waals surface area contributed by atoms with Gasteiger partial charge in [0.1, 0.15) is 0 Å². The zero-order chi connectivity index (χ0) is 13.5. The molecule has 0 radical (unpaired) electrons. The maximum atomic E-state index is 13.3. The molecule has 1 aliphatic carbocycles. The van der Waals surface area contributed by atoms with Gasteiger partial charge < -0.3 is 5.32 Å². The summed E-state index contributed by atoms with van der Waals surface area (Å²) in [5, 5.41) is 3.46. The number of hydrogen-bond acceptors (Lipinski definition) is 2. The summed E-state index contributed by atoms with van der Waals surface area (Å²) < 4.78 is 26.3. The molecule has 1 aromatic carbocycles. The number of rotatable bonds is 3. The number of nitrogens with zero attached hydrogens (tertiary/aromatic N) is 1. The van der Waals surface area contributed by atoms with Crippen LogP contribution in [0.2, 0.25) is 0 Å². The number of hydrogen-bond donors (Lipinski definition) is 1. The molecule has 1 saturated heterocycles. The zero-order valence-electron chi connectivity index (χ0n) is 11.3. The van der Waals surface area contributed by atoms with Crippen molar-refractivity contribution in [3.05, 3.63) is 35.4 Å². The van der Waals surface area contributed by atoms with Crippen LogP contribution in [0.25, 0.3) is 0 Å². The lowest BCUT2D eigenvalue weighted by atomic mass is 9.90. The monoisotopic (exact) mass is 266 g/mol. The van der Waals surface area contributed by atoms with Crippen LogP contribution in [0.3, 0.4) is 0 Å². The Labute approximate surface area is 112 Å². The lowest BCUT2D eigenvalue weighted by Crippen LogP contribution is -2.60. The molecule has 1 atom stereocenters. The second kappa shape index (κ2) is 4.84. The largest absolute Gasteiger partial charge is 0.314 e. The number of halogens is 2. The first-order chi connectivity index (χ1) is 9.09. The third-order valence-electron chi connectivity index (χ3n) is 4.58. The second-order valence-electron chi connectivity index (χ2n) is 5.98. The van der Waals surface area contributed by atoms with Crippen LogP contribution >= 0.6 is 0 Å². The average Bonchev–Trinajstić information content (AvgIpc) is 3.21. The molecule has 1 heterocycles. The van der Waals surface area contributed by atoms with E-state index in [1.165, 1.54) is 25.0 Å². The van der Waals surface area contributed by atoms with Crippen molar-refractivity contribution in [3.8, 4) is 0 Å². The highest BCUT2D eigenvalue weighted by molar-refractivity contribution is 5.19. The second-order valence-corrected chi connectivity index (χ2v) is 5.98. The van der Waals surface area contributed by atoms with Gasteiger partial charge in [-0.1, -0.05) is 6.07 Å². The SMILES string of the molecule is CC1(C2CC2)CNCCN1Cc1ccc(F)c(F)c1. The van der Waals surface area contributed by atoms with E-state index in [-0.39, 0.29) is 5.54 Å². The van der Waals surface area contributed by atoms with E-state index in [0.29, 0.717) is 6.54 Å². The zero-order valence-corrected chi connectivity index (χ0v) is 11.3. The number of benzene rings is 1. The Morgan fingerprint density at radius 3 is 2.79 bits per heavy atom. The van der Waals surface area contributed by atoms with Crippen molar-refractivity contribution in [1.29, 1.82) is 0 Å². The van der Waals surface area contributed by atoms with Gasteiger partial charge in [-0.3, -0.25) is 4.90 Å². The Balaban J connectivity index is 1.78. The molecule has 1 unspecified atom stereocenters. The Morgan fingerprint density at radius 2 is 2.11 bits per heavy atom. The minimum absolute atomic E-state index is 0.156. The first kappa shape index (κ1) is 13.0. The topological polar surface area (TPSA) is 15.3 Å². The molecular weight excluding hydrogens is 246 g/mol. The maximum absolute atomic E-state index is 13.3. The van der Waals surface area contributed by atoms with Crippen LogP contribution < -0.4 is 5.32 Å². The van der Waals surface area contributed by atoms with Crippen LogP contribution in [0.4, 0.5) is 8.78 Å². The van der Waals surface area contributed by atoms with Crippen molar-refractivity contribution >= 4 is 0 Å². The van der Waals surface area contributed by atoms with Gasteiger partial charge in [-0.15, -0.1) is 0 Å². The van der Waals surface area contributed by atoms with Crippen LogP contribution in [-0.4, -0.2) is 30.1 Å². The van der Waals surface area contributed by atoms with E-state index in [2.05, 4.69) is 17.1 Å². The van der Waals surface area contributed by atoms with Gasteiger partial charge in [0.05, 0.1) is 0 Å². The summed E-state index contributed by atoms with van der Waals surface area (Å²) in [4.78, 5) is 2.42. The van der Waals surface area contributed by atoms with E-state index in [0.717, 1.165) is 31.1 Å². The summed E-state index contributed by atoms with van der Waals surface area (Å²) in [6.45, 7) is 5.90. The Morgan fingerprint density at radius 1 is 1.32 bits per heavy atom. The molecule has 1 saturated carbocycles. The van der Waals surface area contributed by atoms with Crippen LogP contribution in [0.15, 0.2) is 18.2 Å². The Kier molecular flexibility index (Phi) is 3.31. The Hall–Kier alpha value is -1.00. The molecule has 3 rings (SSSR count). The van der Waals surface area contributed by atoms with Crippen LogP contribution in [0.1, 0.15) is 25.3 Å². The van der Waals surface area contributed by atoms with E-state index in [1.807, 2.05) is 0 Å². The van der Waals surface area contributed by atoms with Crippen molar-refractivity contribution < 1.29 is 8.78 Å². The summed E-state index contributed by atoms with van der Waals surface area (Å²) in [5.74, 6) is -0.777. The van der Waals surface area contributed by atoms with Crippen LogP contribution in [-0.2, 0) is 6.54 Å². The van der Waals surface area contributed by atoms with E-state index in [1.54, 1.807) is 6.07 Å². The molecule has 19 heavy (non-hydrogen) atoms. The van der Waals surface area contributed by atoms with E-state index in [4.69, 9.17) is 0 Å². The molecule has 2 aliphatic rings. The highest BCUT2D eigenvalue weighted by Gasteiger charge is 2.46. The fraction of sp³-hybridized carbons (Fsp3) is 0.600. The van der Waals surface area contributed by atoms with Crippen molar-refractivity contribution in [2.75, 3.05) is 19.6 Å². The van der Waals surface area contributed by atoms with E-state index >= 15 is 0 Å². The fourth-order valence-corrected chi connectivity index (χ4v) is 3.15. The van der Waals surface area contributed by atoms with Crippen LogP contribution in [0.5, 0.6) is 0 Å². The molecule has 104 valence electrons. The van der Waals surface area contributed by atoms with Gasteiger partial charge in [-0.05, 0) is 43.4 Å². The summed E-state index contributed by atoms with van der Waals surface area (Å²) in [7, 11) is 0. The fourth-order valence-electron chi connectivity index (χ4n) is 3.15. The normalized spacial score (nSPS) is 28.6. The van der Waals surface area contributed by atoms with Crippen molar-refractivity contribution in [2.24, 2.45) is 5.92 Å². The van der Waals surface area contributed by atoms with Crippen molar-refractivity contribution in [3.63, 3.8) is 0 Å². The molecule has 1 aliphatic heterocycles. The molecule has 0 spiro atoms. The summed E-state index contributed by atoms with van der Waals surface area (Å²) in [6, 6.07) is 4.24. The average molecular weight is 266 g/mol. The lowest BCUT2D eigenvalue weighted by Gasteiger charge is -2.46. The molecule has 2 nitrogen and oxygen atoms in total.